The van der Waals surface area contributed by atoms with Crippen LogP contribution in [-0.2, 0) is 13.1 Å². The fourth-order valence-electron chi connectivity index (χ4n) is 1.89. The van der Waals surface area contributed by atoms with Gasteiger partial charge in [0.25, 0.3) is 0 Å². The Kier molecular flexibility index (Phi) is 3.87. The molecule has 0 aliphatic rings. The second-order valence-corrected chi connectivity index (χ2v) is 4.93. The van der Waals surface area contributed by atoms with Gasteiger partial charge in [-0.25, -0.2) is 4.98 Å². The summed E-state index contributed by atoms with van der Waals surface area (Å²) in [5.41, 5.74) is 1.23. The Morgan fingerprint density at radius 3 is 2.78 bits per heavy atom. The van der Waals surface area contributed by atoms with E-state index in [0.717, 1.165) is 30.4 Å². The van der Waals surface area contributed by atoms with Crippen molar-refractivity contribution in [2.45, 2.75) is 46.8 Å². The lowest BCUT2D eigenvalue weighted by molar-refractivity contribution is 0.463. The highest BCUT2D eigenvalue weighted by Gasteiger charge is 2.09. The Morgan fingerprint density at radius 2 is 2.17 bits per heavy atom. The maximum atomic E-state index is 5.79. The minimum atomic E-state index is 0.485. The molecule has 2 aromatic rings. The van der Waals surface area contributed by atoms with Crippen molar-refractivity contribution in [1.29, 1.82) is 0 Å². The number of aryl methyl sites for hydroxylation is 2. The Labute approximate surface area is 108 Å². The third-order valence-corrected chi connectivity index (χ3v) is 3.02. The second-order valence-electron chi connectivity index (χ2n) is 4.93. The van der Waals surface area contributed by atoms with Gasteiger partial charge in [-0.3, -0.25) is 0 Å². The molecular weight excluding hydrogens is 226 g/mol. The summed E-state index contributed by atoms with van der Waals surface area (Å²) < 4.78 is 7.87. The maximum absolute atomic E-state index is 5.79. The van der Waals surface area contributed by atoms with Crippen LogP contribution in [0.4, 0.5) is 0 Å². The highest BCUT2D eigenvalue weighted by Crippen LogP contribution is 2.16. The number of furan rings is 1. The van der Waals surface area contributed by atoms with Gasteiger partial charge in [-0.15, -0.1) is 0 Å². The van der Waals surface area contributed by atoms with Gasteiger partial charge in [0.2, 0.25) is 0 Å². The lowest BCUT2D eigenvalue weighted by Gasteiger charge is -2.06. The topological polar surface area (TPSA) is 43.0 Å². The van der Waals surface area contributed by atoms with Gasteiger partial charge < -0.3 is 14.3 Å². The van der Waals surface area contributed by atoms with Gasteiger partial charge in [-0.2, -0.15) is 0 Å². The van der Waals surface area contributed by atoms with Gasteiger partial charge in [-0.1, -0.05) is 13.8 Å². The molecule has 1 N–H and O–H groups in total. The molecule has 18 heavy (non-hydrogen) atoms. The Hall–Kier alpha value is -1.55. The lowest BCUT2D eigenvalue weighted by Crippen LogP contribution is -2.21. The molecule has 0 radical (unpaired) electrons. The van der Waals surface area contributed by atoms with E-state index in [1.54, 1.807) is 0 Å². The van der Waals surface area contributed by atoms with Crippen LogP contribution in [0.15, 0.2) is 22.9 Å². The van der Waals surface area contributed by atoms with E-state index in [2.05, 4.69) is 34.8 Å². The van der Waals surface area contributed by atoms with Crippen molar-refractivity contribution < 1.29 is 4.42 Å². The smallest absolute Gasteiger partial charge is 0.124 e. The summed E-state index contributed by atoms with van der Waals surface area (Å²) in [4.78, 5) is 4.21. The van der Waals surface area contributed by atoms with Crippen LogP contribution in [0.2, 0.25) is 0 Å². The zero-order chi connectivity index (χ0) is 13.1. The SMILES string of the molecule is Cc1oc(Cn2ccnc2C)cc1CNC(C)C. The van der Waals surface area contributed by atoms with Gasteiger partial charge >= 0.3 is 0 Å². The van der Waals surface area contributed by atoms with Crippen molar-refractivity contribution in [2.75, 3.05) is 0 Å². The molecule has 0 saturated carbocycles. The second kappa shape index (κ2) is 5.40. The van der Waals surface area contributed by atoms with Crippen LogP contribution in [0, 0.1) is 13.8 Å². The average molecular weight is 247 g/mol. The number of hydrogen-bond acceptors (Lipinski definition) is 3. The molecule has 0 bridgehead atoms. The van der Waals surface area contributed by atoms with E-state index in [1.165, 1.54) is 5.56 Å². The number of rotatable bonds is 5. The molecule has 0 unspecified atom stereocenters. The van der Waals surface area contributed by atoms with Gasteiger partial charge in [0, 0.05) is 30.5 Å². The van der Waals surface area contributed by atoms with Crippen LogP contribution in [0.5, 0.6) is 0 Å². The molecule has 2 aromatic heterocycles. The number of hydrogen-bond donors (Lipinski definition) is 1. The van der Waals surface area contributed by atoms with Crippen LogP contribution in [0.3, 0.4) is 0 Å². The quantitative estimate of drug-likeness (QED) is 0.883. The first-order valence-corrected chi connectivity index (χ1v) is 6.35. The number of imidazole rings is 1. The van der Waals surface area contributed by atoms with Gasteiger partial charge in [0.1, 0.15) is 17.3 Å². The van der Waals surface area contributed by atoms with Gasteiger partial charge in [-0.05, 0) is 19.9 Å². The minimum absolute atomic E-state index is 0.485. The molecule has 98 valence electrons. The average Bonchev–Trinajstić information content (AvgIpc) is 2.84. The molecule has 0 aliphatic carbocycles. The Bertz CT molecular complexity index is 511. The highest BCUT2D eigenvalue weighted by molar-refractivity contribution is 5.21. The molecule has 0 atom stereocenters. The third-order valence-electron chi connectivity index (χ3n) is 3.02. The fraction of sp³-hybridized carbons (Fsp3) is 0.500. The van der Waals surface area contributed by atoms with Crippen LogP contribution < -0.4 is 5.32 Å². The zero-order valence-electron chi connectivity index (χ0n) is 11.5. The number of aromatic nitrogens is 2. The van der Waals surface area contributed by atoms with Gasteiger partial charge in [0.15, 0.2) is 0 Å². The highest BCUT2D eigenvalue weighted by atomic mass is 16.3. The molecule has 2 rings (SSSR count). The summed E-state index contributed by atoms with van der Waals surface area (Å²) in [6, 6.07) is 2.61. The van der Waals surface area contributed by atoms with Crippen LogP contribution in [-0.4, -0.2) is 15.6 Å². The van der Waals surface area contributed by atoms with E-state index >= 15 is 0 Å². The van der Waals surface area contributed by atoms with E-state index in [1.807, 2.05) is 26.2 Å². The molecule has 0 aliphatic heterocycles. The van der Waals surface area contributed by atoms with E-state index in [-0.39, 0.29) is 0 Å². The van der Waals surface area contributed by atoms with Crippen molar-refractivity contribution in [3.63, 3.8) is 0 Å². The fourth-order valence-corrected chi connectivity index (χ4v) is 1.89. The van der Waals surface area contributed by atoms with E-state index in [0.29, 0.717) is 6.04 Å². The molecule has 0 amide bonds. The number of nitrogens with zero attached hydrogens (tertiary/aromatic N) is 2. The normalized spacial score (nSPS) is 11.4. The van der Waals surface area contributed by atoms with Gasteiger partial charge in [0.05, 0.1) is 6.54 Å². The third kappa shape index (κ3) is 3.01. The van der Waals surface area contributed by atoms with Crippen LogP contribution >= 0.6 is 0 Å². The van der Waals surface area contributed by atoms with E-state index in [4.69, 9.17) is 4.42 Å². The summed E-state index contributed by atoms with van der Waals surface area (Å²) in [5.74, 6) is 2.98. The Morgan fingerprint density at radius 1 is 1.39 bits per heavy atom. The standard InChI is InChI=1S/C14H21N3O/c1-10(2)16-8-13-7-14(18-11(13)3)9-17-6-5-15-12(17)4/h5-7,10,16H,8-9H2,1-4H3. The van der Waals surface area contributed by atoms with Crippen molar-refractivity contribution >= 4 is 0 Å². The largest absolute Gasteiger partial charge is 0.464 e. The first-order chi connectivity index (χ1) is 8.56. The van der Waals surface area contributed by atoms with Crippen LogP contribution in [0.1, 0.15) is 36.8 Å². The summed E-state index contributed by atoms with van der Waals surface area (Å²) >= 11 is 0. The summed E-state index contributed by atoms with van der Waals surface area (Å²) in [5, 5.41) is 3.41. The molecule has 0 spiro atoms. The van der Waals surface area contributed by atoms with E-state index < -0.39 is 0 Å². The predicted octanol–water partition coefficient (Wildman–Crippen LogP) is 2.64. The van der Waals surface area contributed by atoms with Crippen molar-refractivity contribution in [2.24, 2.45) is 0 Å². The van der Waals surface area contributed by atoms with Crippen molar-refractivity contribution in [1.82, 2.24) is 14.9 Å². The first kappa shape index (κ1) is 12.9. The predicted molar refractivity (Wildman–Crippen MR) is 71.5 cm³/mol. The molecule has 2 heterocycles. The molecule has 0 aromatic carbocycles. The molecular formula is C14H21N3O. The summed E-state index contributed by atoms with van der Waals surface area (Å²) in [7, 11) is 0. The minimum Gasteiger partial charge on any atom is -0.464 e. The monoisotopic (exact) mass is 247 g/mol. The lowest BCUT2D eigenvalue weighted by atomic mass is 10.2. The van der Waals surface area contributed by atoms with E-state index in [9.17, 15) is 0 Å². The molecule has 4 heteroatoms. The zero-order valence-corrected chi connectivity index (χ0v) is 11.5. The molecule has 4 nitrogen and oxygen atoms in total. The summed E-state index contributed by atoms with van der Waals surface area (Å²) in [6.45, 7) is 9.90. The van der Waals surface area contributed by atoms with Crippen molar-refractivity contribution in [3.05, 3.63) is 41.4 Å². The molecule has 0 saturated heterocycles. The Balaban J connectivity index is 2.07. The molecule has 0 fully saturated rings. The maximum Gasteiger partial charge on any atom is 0.124 e. The van der Waals surface area contributed by atoms with Crippen molar-refractivity contribution in [3.8, 4) is 0 Å². The summed E-state index contributed by atoms with van der Waals surface area (Å²) in [6.07, 6.45) is 3.78. The first-order valence-electron chi connectivity index (χ1n) is 6.35. The number of nitrogens with one attached hydrogen (secondary N) is 1. The van der Waals surface area contributed by atoms with Crippen LogP contribution in [0.25, 0.3) is 0 Å².